The van der Waals surface area contributed by atoms with Gasteiger partial charge in [0.2, 0.25) is 0 Å². The maximum atomic E-state index is 2.12. The predicted molar refractivity (Wildman–Crippen MR) is 65.7 cm³/mol. The third-order valence-corrected chi connectivity index (χ3v) is 0. The Bertz CT molecular complexity index is 9.84. The second-order valence-electron chi connectivity index (χ2n) is 2.12. The molecule has 1 radical (unpaired) electrons. The molecule has 0 unspecified atom stereocenters. The molecule has 0 atom stereocenters. The normalized spacial score (nSPS) is 4.62. The van der Waals surface area contributed by atoms with Gasteiger partial charge < -0.3 is 7.43 Å². The molecule has 0 rings (SSSR count). The average molecular weight is 266 g/mol. The molecule has 0 nitrogen and oxygen atoms in total. The zero-order valence-electron chi connectivity index (χ0n) is 11.7. The van der Waals surface area contributed by atoms with E-state index in [0.29, 0.717) is 0 Å². The minimum absolute atomic E-state index is 0. The Kier molecular flexibility index (Phi) is 323. The van der Waals surface area contributed by atoms with E-state index in [9.17, 15) is 0 Å². The van der Waals surface area contributed by atoms with E-state index in [1.54, 1.807) is 0 Å². The van der Waals surface area contributed by atoms with E-state index < -0.39 is 0 Å². The van der Waals surface area contributed by atoms with Crippen molar-refractivity contribution in [1.29, 1.82) is 0 Å². The zero-order chi connectivity index (χ0) is 10.1. The second-order valence-corrected chi connectivity index (χ2v) is 2.12. The van der Waals surface area contributed by atoms with Crippen molar-refractivity contribution in [3.8, 4) is 0 Å². The van der Waals surface area contributed by atoms with Gasteiger partial charge in [-0.3, -0.25) is 0 Å². The van der Waals surface area contributed by atoms with Gasteiger partial charge in [-0.05, 0) is 0 Å². The van der Waals surface area contributed by atoms with Crippen LogP contribution in [-0.4, -0.2) is 0 Å². The van der Waals surface area contributed by atoms with E-state index in [1.807, 2.05) is 13.8 Å². The molecule has 0 saturated heterocycles. The quantitative estimate of drug-likeness (QED) is 0.492. The molecule has 13 heavy (non-hydrogen) atoms. The largest absolute Gasteiger partial charge is 0.358 e. The van der Waals surface area contributed by atoms with Crippen molar-refractivity contribution in [2.24, 2.45) is 0 Å². The Hall–Kier alpha value is 1.10. The molecule has 0 heterocycles. The fourth-order valence-corrected chi connectivity index (χ4v) is 0. The van der Waals surface area contributed by atoms with Gasteiger partial charge in [-0.15, -0.1) is 0 Å². The molecule has 0 aromatic rings. The van der Waals surface area contributed by atoms with Gasteiger partial charge in [0.15, 0.2) is 0 Å². The Morgan fingerprint density at radius 3 is 0.538 bits per heavy atom. The molecule has 0 aliphatic rings. The van der Waals surface area contributed by atoms with Gasteiger partial charge >= 0.3 is 0 Å². The van der Waals surface area contributed by atoms with E-state index in [1.165, 1.54) is 19.3 Å². The first-order chi connectivity index (χ1) is 5.24. The Morgan fingerprint density at radius 1 is 0.538 bits per heavy atom. The minimum Gasteiger partial charge on any atom is -0.358 e. The van der Waals surface area contributed by atoms with Crippen molar-refractivity contribution in [3.05, 3.63) is 7.43 Å². The van der Waals surface area contributed by atoms with Gasteiger partial charge in [-0.2, -0.15) is 0 Å². The molecule has 0 saturated carbocycles. The minimum atomic E-state index is 0. The monoisotopic (exact) mass is 266 g/mol. The van der Waals surface area contributed by atoms with Gasteiger partial charge in [-0.25, -0.2) is 0 Å². The Balaban J connectivity index is -0.0000000121. The van der Waals surface area contributed by atoms with Gasteiger partial charge in [0.25, 0.3) is 0 Å². The van der Waals surface area contributed by atoms with Crippen LogP contribution in [0.3, 0.4) is 0 Å². The standard InChI is InChI=1S/3C3H8.C2H6.CH3.Y/c3*1-3-2;1-2;;/h3*3H2,1-2H3;1-2H3;1H3;/q;;;;-1;. The maximum absolute atomic E-state index is 2.12. The van der Waals surface area contributed by atoms with Gasteiger partial charge in [0.1, 0.15) is 0 Å². The number of hydrogen-bond donors (Lipinski definition) is 0. The first kappa shape index (κ1) is 36.9. The van der Waals surface area contributed by atoms with E-state index in [2.05, 4.69) is 41.5 Å². The van der Waals surface area contributed by atoms with Crippen LogP contribution in [0, 0.1) is 7.43 Å². The van der Waals surface area contributed by atoms with Crippen molar-refractivity contribution < 1.29 is 32.7 Å². The summed E-state index contributed by atoms with van der Waals surface area (Å²) in [5, 5.41) is 0. The van der Waals surface area contributed by atoms with Crippen LogP contribution in [0.1, 0.15) is 74.7 Å². The van der Waals surface area contributed by atoms with Crippen molar-refractivity contribution in [2.75, 3.05) is 0 Å². The van der Waals surface area contributed by atoms with E-state index >= 15 is 0 Å². The van der Waals surface area contributed by atoms with Crippen molar-refractivity contribution in [2.45, 2.75) is 74.7 Å². The summed E-state index contributed by atoms with van der Waals surface area (Å²) in [4.78, 5) is 0. The fourth-order valence-electron chi connectivity index (χ4n) is 0. The summed E-state index contributed by atoms with van der Waals surface area (Å²) in [6.45, 7) is 16.8. The molecule has 0 amide bonds. The molecular weight excluding hydrogens is 233 g/mol. The van der Waals surface area contributed by atoms with Crippen LogP contribution in [0.5, 0.6) is 0 Å². The van der Waals surface area contributed by atoms with Crippen LogP contribution in [0.2, 0.25) is 0 Å². The summed E-state index contributed by atoms with van der Waals surface area (Å²) in [5.41, 5.74) is 0. The van der Waals surface area contributed by atoms with Gasteiger partial charge in [-0.1, -0.05) is 74.7 Å². The number of hydrogen-bond acceptors (Lipinski definition) is 0. The number of rotatable bonds is 0. The van der Waals surface area contributed by atoms with E-state index in [4.69, 9.17) is 0 Å². The summed E-state index contributed by atoms with van der Waals surface area (Å²) in [5.74, 6) is 0. The van der Waals surface area contributed by atoms with Crippen LogP contribution in [0.4, 0.5) is 0 Å². The van der Waals surface area contributed by atoms with E-state index in [-0.39, 0.29) is 40.1 Å². The van der Waals surface area contributed by atoms with Crippen LogP contribution in [0.25, 0.3) is 0 Å². The Labute approximate surface area is 114 Å². The molecule has 0 N–H and O–H groups in total. The molecule has 0 fully saturated rings. The van der Waals surface area contributed by atoms with Gasteiger partial charge in [0.05, 0.1) is 0 Å². The molecule has 0 bridgehead atoms. The van der Waals surface area contributed by atoms with Crippen molar-refractivity contribution in [3.63, 3.8) is 0 Å². The van der Waals surface area contributed by atoms with Crippen molar-refractivity contribution in [1.82, 2.24) is 0 Å². The molecule has 85 valence electrons. The second kappa shape index (κ2) is 114. The average Bonchev–Trinajstić information content (AvgIpc) is 1.96. The third kappa shape index (κ3) is 1330. The van der Waals surface area contributed by atoms with Crippen LogP contribution >= 0.6 is 0 Å². The summed E-state index contributed by atoms with van der Waals surface area (Å²) >= 11 is 0. The summed E-state index contributed by atoms with van der Waals surface area (Å²) in [6.07, 6.45) is 3.75. The molecule has 0 aromatic heterocycles. The third-order valence-electron chi connectivity index (χ3n) is 0. The predicted octanol–water partition coefficient (Wildman–Crippen LogP) is 5.72. The SMILES string of the molecule is CC.CCC.CCC.CCC.[CH3-].[Y]. The van der Waals surface area contributed by atoms with E-state index in [0.717, 1.165) is 0 Å². The first-order valence-corrected chi connectivity index (χ1v) is 5.24. The molecule has 0 aliphatic carbocycles. The van der Waals surface area contributed by atoms with Crippen LogP contribution in [0.15, 0.2) is 0 Å². The molecule has 1 heteroatoms. The Morgan fingerprint density at radius 2 is 0.538 bits per heavy atom. The van der Waals surface area contributed by atoms with Crippen LogP contribution < -0.4 is 0 Å². The topological polar surface area (TPSA) is 0 Å². The summed E-state index contributed by atoms with van der Waals surface area (Å²) in [6, 6.07) is 0. The maximum Gasteiger partial charge on any atom is 0 e. The summed E-state index contributed by atoms with van der Waals surface area (Å²) < 4.78 is 0. The fraction of sp³-hybridized carbons (Fsp3) is 0.917. The first-order valence-electron chi connectivity index (χ1n) is 5.24. The van der Waals surface area contributed by atoms with Gasteiger partial charge in [0, 0.05) is 32.7 Å². The smallest absolute Gasteiger partial charge is 0 e. The summed E-state index contributed by atoms with van der Waals surface area (Å²) in [7, 11) is 0. The van der Waals surface area contributed by atoms with Crippen molar-refractivity contribution >= 4 is 0 Å². The van der Waals surface area contributed by atoms with Crippen LogP contribution in [-0.2, 0) is 32.7 Å². The molecular formula is C12H33Y-. The molecule has 0 aromatic carbocycles. The molecule has 0 aliphatic heterocycles. The zero-order valence-corrected chi connectivity index (χ0v) is 14.5. The molecule has 0 spiro atoms.